The minimum absolute atomic E-state index is 0.253. The van der Waals surface area contributed by atoms with E-state index in [-0.39, 0.29) is 18.9 Å². The van der Waals surface area contributed by atoms with E-state index in [9.17, 15) is 45.6 Å². The average molecular weight is 832 g/mol. The van der Waals surface area contributed by atoms with E-state index < -0.39 is 86.8 Å². The Balaban J connectivity index is 1.93. The van der Waals surface area contributed by atoms with Crippen molar-refractivity contribution in [3.63, 3.8) is 0 Å². The van der Waals surface area contributed by atoms with Crippen LogP contribution in [0.5, 0.6) is 0 Å². The summed E-state index contributed by atoms with van der Waals surface area (Å²) in [5, 5.41) is 86.3. The molecule has 14 nitrogen and oxygen atoms in total. The van der Waals surface area contributed by atoms with Crippen LogP contribution in [0, 0.1) is 0 Å². The third-order valence-electron chi connectivity index (χ3n) is 11.1. The Bertz CT molecular complexity index is 1080. The van der Waals surface area contributed by atoms with E-state index in [4.69, 9.17) is 18.9 Å². The maximum absolute atomic E-state index is 13.1. The Morgan fingerprint density at radius 2 is 1.10 bits per heavy atom. The SMILES string of the molecule is CCCCCCCC/C=C/CC/C=C/C(O)C(COC1OC(CO)C(OC2OC(CO)C(O)C(O)C2O)C(O)C1O)NC(=O)CCCCCCCCCCCCCC. The summed E-state index contributed by atoms with van der Waals surface area (Å²) in [5.74, 6) is -0.253. The van der Waals surface area contributed by atoms with Crippen LogP contribution in [-0.4, -0.2) is 140 Å². The quantitative estimate of drug-likeness (QED) is 0.0334. The molecule has 2 fully saturated rings. The molecule has 0 aromatic carbocycles. The molecule has 9 N–H and O–H groups in total. The molecule has 2 aliphatic rings. The van der Waals surface area contributed by atoms with Gasteiger partial charge in [-0.25, -0.2) is 0 Å². The summed E-state index contributed by atoms with van der Waals surface area (Å²) < 4.78 is 22.6. The van der Waals surface area contributed by atoms with Crippen LogP contribution in [0.3, 0.4) is 0 Å². The van der Waals surface area contributed by atoms with Gasteiger partial charge < -0.3 is 65.1 Å². The molecule has 58 heavy (non-hydrogen) atoms. The van der Waals surface area contributed by atoms with Gasteiger partial charge in [-0.15, -0.1) is 0 Å². The summed E-state index contributed by atoms with van der Waals surface area (Å²) in [5.41, 5.74) is 0. The van der Waals surface area contributed by atoms with Crippen LogP contribution in [0.15, 0.2) is 24.3 Å². The summed E-state index contributed by atoms with van der Waals surface area (Å²) in [7, 11) is 0. The van der Waals surface area contributed by atoms with Gasteiger partial charge in [0.05, 0.1) is 32.0 Å². The van der Waals surface area contributed by atoms with Crippen LogP contribution in [-0.2, 0) is 23.7 Å². The number of rotatable bonds is 33. The molecule has 2 heterocycles. The van der Waals surface area contributed by atoms with Crippen LogP contribution in [0.25, 0.3) is 0 Å². The smallest absolute Gasteiger partial charge is 0.220 e. The highest BCUT2D eigenvalue weighted by Gasteiger charge is 2.50. The Kier molecular flexibility index (Phi) is 29.2. The first-order valence-corrected chi connectivity index (χ1v) is 22.6. The Hall–Kier alpha value is -1.53. The minimum Gasteiger partial charge on any atom is -0.394 e. The molecule has 2 rings (SSSR count). The Morgan fingerprint density at radius 3 is 1.69 bits per heavy atom. The molecule has 0 aromatic heterocycles. The van der Waals surface area contributed by atoms with E-state index in [0.717, 1.165) is 32.1 Å². The summed E-state index contributed by atoms with van der Waals surface area (Å²) >= 11 is 0. The molecule has 12 unspecified atom stereocenters. The number of ether oxygens (including phenoxy) is 4. The average Bonchev–Trinajstić information content (AvgIpc) is 3.22. The van der Waals surface area contributed by atoms with E-state index in [0.29, 0.717) is 12.8 Å². The van der Waals surface area contributed by atoms with Crippen molar-refractivity contribution in [3.8, 4) is 0 Å². The van der Waals surface area contributed by atoms with E-state index in [1.807, 2.05) is 6.08 Å². The topological polar surface area (TPSA) is 228 Å². The first-order chi connectivity index (χ1) is 28.1. The number of carbonyl (C=O) groups is 1. The van der Waals surface area contributed by atoms with Gasteiger partial charge in [0, 0.05) is 6.42 Å². The predicted molar refractivity (Wildman–Crippen MR) is 221 cm³/mol. The summed E-state index contributed by atoms with van der Waals surface area (Å²) in [6, 6.07) is -0.923. The van der Waals surface area contributed by atoms with Crippen molar-refractivity contribution < 1.29 is 64.6 Å². The number of carbonyl (C=O) groups excluding carboxylic acids is 1. The highest BCUT2D eigenvalue weighted by atomic mass is 16.7. The molecule has 0 aromatic rings. The second kappa shape index (κ2) is 32.2. The lowest BCUT2D eigenvalue weighted by Gasteiger charge is -2.46. The molecule has 0 aliphatic carbocycles. The maximum Gasteiger partial charge on any atom is 0.220 e. The second-order valence-electron chi connectivity index (χ2n) is 16.2. The Morgan fingerprint density at radius 1 is 0.603 bits per heavy atom. The molecule has 340 valence electrons. The van der Waals surface area contributed by atoms with Crippen molar-refractivity contribution in [2.24, 2.45) is 0 Å². The molecule has 1 amide bonds. The van der Waals surface area contributed by atoms with Crippen LogP contribution in [0.1, 0.15) is 155 Å². The molecule has 2 aliphatic heterocycles. The van der Waals surface area contributed by atoms with E-state index in [2.05, 4.69) is 31.3 Å². The third kappa shape index (κ3) is 20.4. The minimum atomic E-state index is -1.79. The van der Waals surface area contributed by atoms with Crippen LogP contribution < -0.4 is 5.32 Å². The van der Waals surface area contributed by atoms with Gasteiger partial charge in [0.25, 0.3) is 0 Å². The molecular weight excluding hydrogens is 750 g/mol. The van der Waals surface area contributed by atoms with Crippen LogP contribution in [0.4, 0.5) is 0 Å². The number of aliphatic hydroxyl groups excluding tert-OH is 8. The van der Waals surface area contributed by atoms with E-state index in [1.54, 1.807) is 6.08 Å². The van der Waals surface area contributed by atoms with Gasteiger partial charge in [0.2, 0.25) is 5.91 Å². The molecule has 2 saturated heterocycles. The first kappa shape index (κ1) is 52.6. The van der Waals surface area contributed by atoms with Gasteiger partial charge in [-0.1, -0.05) is 141 Å². The number of hydrogen-bond donors (Lipinski definition) is 9. The standard InChI is InChI=1S/C44H81NO13/c1-3-5-7-9-11-13-15-17-19-21-23-25-27-33(48)32(45-36(49)28-26-24-22-20-18-16-14-12-10-8-6-4-2)31-55-43-41(54)39(52)42(35(30-47)57-43)58-44-40(53)38(51)37(50)34(29-46)56-44/h17,19,25,27,32-35,37-44,46-48,50-54H,3-16,18,20-24,26,28-31H2,1-2H3,(H,45,49)/b19-17+,27-25+. The molecular formula is C44H81NO13. The van der Waals surface area contributed by atoms with Crippen molar-refractivity contribution in [3.05, 3.63) is 24.3 Å². The van der Waals surface area contributed by atoms with Gasteiger partial charge in [-0.2, -0.15) is 0 Å². The number of nitrogens with one attached hydrogen (secondary N) is 1. The Labute approximate surface area is 348 Å². The van der Waals surface area contributed by atoms with Crippen molar-refractivity contribution in [1.29, 1.82) is 0 Å². The fourth-order valence-corrected chi connectivity index (χ4v) is 7.36. The van der Waals surface area contributed by atoms with Crippen molar-refractivity contribution >= 4 is 5.91 Å². The normalized spacial score (nSPS) is 29.0. The maximum atomic E-state index is 13.1. The van der Waals surface area contributed by atoms with Gasteiger partial charge in [-0.05, 0) is 32.1 Å². The molecule has 0 radical (unpaired) electrons. The second-order valence-corrected chi connectivity index (χ2v) is 16.2. The number of hydrogen-bond acceptors (Lipinski definition) is 13. The highest BCUT2D eigenvalue weighted by Crippen LogP contribution is 2.30. The first-order valence-electron chi connectivity index (χ1n) is 22.6. The van der Waals surface area contributed by atoms with Gasteiger partial charge in [0.1, 0.15) is 48.8 Å². The summed E-state index contributed by atoms with van der Waals surface area (Å²) in [6.45, 7) is 2.71. The van der Waals surface area contributed by atoms with Gasteiger partial charge in [-0.3, -0.25) is 4.79 Å². The van der Waals surface area contributed by atoms with Crippen LogP contribution >= 0.6 is 0 Å². The highest BCUT2D eigenvalue weighted by molar-refractivity contribution is 5.76. The van der Waals surface area contributed by atoms with Gasteiger partial charge in [0.15, 0.2) is 12.6 Å². The lowest BCUT2D eigenvalue weighted by atomic mass is 9.97. The van der Waals surface area contributed by atoms with Gasteiger partial charge >= 0.3 is 0 Å². The van der Waals surface area contributed by atoms with Crippen molar-refractivity contribution in [2.75, 3.05) is 19.8 Å². The number of aliphatic hydroxyl groups is 8. The fourth-order valence-electron chi connectivity index (χ4n) is 7.36. The van der Waals surface area contributed by atoms with Crippen molar-refractivity contribution in [1.82, 2.24) is 5.32 Å². The summed E-state index contributed by atoms with van der Waals surface area (Å²) in [4.78, 5) is 13.1. The zero-order valence-corrected chi connectivity index (χ0v) is 35.5. The number of unbranched alkanes of at least 4 members (excludes halogenated alkanes) is 18. The fraction of sp³-hybridized carbons (Fsp3) is 0.886. The monoisotopic (exact) mass is 832 g/mol. The molecule has 0 spiro atoms. The number of allylic oxidation sites excluding steroid dienone is 3. The van der Waals surface area contributed by atoms with Crippen molar-refractivity contribution in [2.45, 2.75) is 229 Å². The summed E-state index contributed by atoms with van der Waals surface area (Å²) in [6.07, 6.45) is 15.2. The molecule has 0 bridgehead atoms. The van der Waals surface area contributed by atoms with E-state index >= 15 is 0 Å². The molecule has 12 atom stereocenters. The lowest BCUT2D eigenvalue weighted by molar-refractivity contribution is -0.359. The largest absolute Gasteiger partial charge is 0.394 e. The number of amides is 1. The molecule has 14 heteroatoms. The predicted octanol–water partition coefficient (Wildman–Crippen LogP) is 4.21. The third-order valence-corrected chi connectivity index (χ3v) is 11.1. The lowest BCUT2D eigenvalue weighted by Crippen LogP contribution is -2.65. The molecule has 0 saturated carbocycles. The zero-order chi connectivity index (χ0) is 42.5. The van der Waals surface area contributed by atoms with Crippen LogP contribution in [0.2, 0.25) is 0 Å². The zero-order valence-electron chi connectivity index (χ0n) is 35.5. The van der Waals surface area contributed by atoms with E-state index in [1.165, 1.54) is 89.9 Å².